The topological polar surface area (TPSA) is 45.2 Å². The van der Waals surface area contributed by atoms with E-state index in [2.05, 4.69) is 9.71 Å². The van der Waals surface area contributed by atoms with Crippen LogP contribution in [0.15, 0.2) is 30.5 Å². The van der Waals surface area contributed by atoms with E-state index < -0.39 is 11.6 Å². The number of aryl methyl sites for hydroxylation is 1. The number of nitrogens with zero attached hydrogens (tertiary/aromatic N) is 2. The van der Waals surface area contributed by atoms with Gasteiger partial charge < -0.3 is 4.90 Å². The van der Waals surface area contributed by atoms with Crippen molar-refractivity contribution in [3.63, 3.8) is 0 Å². The molecule has 1 saturated carbocycles. The molecule has 154 valence electrons. The molecular formula is C22H25F2N3OS. The van der Waals surface area contributed by atoms with Crippen LogP contribution in [-0.4, -0.2) is 41.2 Å². The smallest absolute Gasteiger partial charge is 0.226 e. The number of hydrogen-bond donors (Lipinski definition) is 1. The quantitative estimate of drug-likeness (QED) is 0.737. The molecule has 3 atom stereocenters. The Morgan fingerprint density at radius 3 is 2.79 bits per heavy atom. The molecule has 1 aliphatic heterocycles. The summed E-state index contributed by atoms with van der Waals surface area (Å²) in [7, 11) is 0. The molecular weight excluding hydrogens is 392 g/mol. The number of carbonyl (C=O) groups excluding carboxylic acids is 1. The van der Waals surface area contributed by atoms with Gasteiger partial charge in [-0.05, 0) is 67.7 Å². The fraction of sp³-hybridized carbons (Fsp3) is 0.455. The van der Waals surface area contributed by atoms with Crippen LogP contribution in [0.2, 0.25) is 0 Å². The Labute approximate surface area is 174 Å². The number of carbonyl (C=O) groups is 1. The van der Waals surface area contributed by atoms with Gasteiger partial charge in [-0.1, -0.05) is 18.0 Å². The van der Waals surface area contributed by atoms with E-state index in [9.17, 15) is 13.6 Å². The predicted molar refractivity (Wildman–Crippen MR) is 111 cm³/mol. The van der Waals surface area contributed by atoms with E-state index in [-0.39, 0.29) is 23.3 Å². The van der Waals surface area contributed by atoms with Crippen LogP contribution in [0.5, 0.6) is 0 Å². The minimum atomic E-state index is -0.595. The number of nitrogens with one attached hydrogen (secondary N) is 1. The highest BCUT2D eigenvalue weighted by atomic mass is 32.2. The molecule has 0 radical (unpaired) electrons. The standard InChI is InChI=1S/C22H25F2N3OS/c1-13-9-16(21-19(23)6-3-7-20(21)24)18(11-25-13)15-10-17(15)22(28)27-8-4-5-14(12-27)26-29-2/h3,6-7,9,11,14-15,17,26H,4-5,8,10,12H2,1-2H3. The zero-order valence-corrected chi connectivity index (χ0v) is 17.4. The first-order valence-corrected chi connectivity index (χ1v) is 11.2. The van der Waals surface area contributed by atoms with Crippen LogP contribution < -0.4 is 4.72 Å². The Morgan fingerprint density at radius 2 is 2.07 bits per heavy atom. The third kappa shape index (κ3) is 4.16. The number of likely N-dealkylation sites (tertiary alicyclic amines) is 1. The molecule has 2 heterocycles. The van der Waals surface area contributed by atoms with Gasteiger partial charge in [-0.3, -0.25) is 14.5 Å². The van der Waals surface area contributed by atoms with Crippen LogP contribution in [0, 0.1) is 24.5 Å². The number of benzene rings is 1. The molecule has 1 N–H and O–H groups in total. The Morgan fingerprint density at radius 1 is 1.31 bits per heavy atom. The second-order valence-corrected chi connectivity index (χ2v) is 8.55. The molecule has 1 saturated heterocycles. The van der Waals surface area contributed by atoms with Crippen LogP contribution >= 0.6 is 11.9 Å². The molecule has 0 spiro atoms. The van der Waals surface area contributed by atoms with Gasteiger partial charge in [-0.2, -0.15) is 0 Å². The number of piperidine rings is 1. The fourth-order valence-electron chi connectivity index (χ4n) is 4.32. The monoisotopic (exact) mass is 417 g/mol. The van der Waals surface area contributed by atoms with E-state index in [1.165, 1.54) is 18.2 Å². The lowest BCUT2D eigenvalue weighted by Crippen LogP contribution is -2.46. The second-order valence-electron chi connectivity index (χ2n) is 7.90. The molecule has 2 aromatic rings. The first-order valence-electron chi connectivity index (χ1n) is 9.97. The van der Waals surface area contributed by atoms with Crippen molar-refractivity contribution in [1.29, 1.82) is 0 Å². The van der Waals surface area contributed by atoms with Crippen molar-refractivity contribution >= 4 is 17.9 Å². The second kappa shape index (κ2) is 8.40. The molecule has 1 aromatic heterocycles. The van der Waals surface area contributed by atoms with Crippen LogP contribution in [0.25, 0.3) is 11.1 Å². The highest BCUT2D eigenvalue weighted by molar-refractivity contribution is 7.96. The van der Waals surface area contributed by atoms with Crippen molar-refractivity contribution in [3.05, 3.63) is 53.4 Å². The molecule has 0 bridgehead atoms. The lowest BCUT2D eigenvalue weighted by Gasteiger charge is -2.33. The molecule has 4 rings (SSSR count). The van der Waals surface area contributed by atoms with Gasteiger partial charge in [-0.25, -0.2) is 8.78 Å². The molecule has 1 aromatic carbocycles. The molecule has 4 nitrogen and oxygen atoms in total. The van der Waals surface area contributed by atoms with E-state index in [0.29, 0.717) is 30.3 Å². The summed E-state index contributed by atoms with van der Waals surface area (Å²) in [4.78, 5) is 19.3. The van der Waals surface area contributed by atoms with Crippen molar-refractivity contribution in [2.24, 2.45) is 5.92 Å². The van der Waals surface area contributed by atoms with Crippen molar-refractivity contribution < 1.29 is 13.6 Å². The number of rotatable bonds is 5. The molecule has 1 aliphatic carbocycles. The summed E-state index contributed by atoms with van der Waals surface area (Å²) in [6, 6.07) is 5.92. The zero-order chi connectivity index (χ0) is 20.5. The van der Waals surface area contributed by atoms with Crippen molar-refractivity contribution in [3.8, 4) is 11.1 Å². The Kier molecular flexibility index (Phi) is 5.88. The summed E-state index contributed by atoms with van der Waals surface area (Å²) in [6.45, 7) is 3.29. The average molecular weight is 418 g/mol. The Bertz CT molecular complexity index is 901. The number of hydrogen-bond acceptors (Lipinski definition) is 4. The van der Waals surface area contributed by atoms with Gasteiger partial charge in [0.05, 0.1) is 5.56 Å². The van der Waals surface area contributed by atoms with Crippen LogP contribution in [-0.2, 0) is 4.79 Å². The van der Waals surface area contributed by atoms with E-state index in [1.807, 2.05) is 11.2 Å². The zero-order valence-electron chi connectivity index (χ0n) is 16.6. The highest BCUT2D eigenvalue weighted by Gasteiger charge is 2.47. The van der Waals surface area contributed by atoms with E-state index in [0.717, 1.165) is 24.9 Å². The predicted octanol–water partition coefficient (Wildman–Crippen LogP) is 4.30. The van der Waals surface area contributed by atoms with Crippen molar-refractivity contribution in [2.45, 2.75) is 38.1 Å². The number of aromatic nitrogens is 1. The molecule has 3 unspecified atom stereocenters. The van der Waals surface area contributed by atoms with Gasteiger partial charge in [0, 0.05) is 36.9 Å². The molecule has 2 aliphatic rings. The average Bonchev–Trinajstić information content (AvgIpc) is 3.48. The van der Waals surface area contributed by atoms with Crippen LogP contribution in [0.1, 0.15) is 36.4 Å². The molecule has 1 amide bonds. The summed E-state index contributed by atoms with van der Waals surface area (Å²) in [5.74, 6) is -1.23. The van der Waals surface area contributed by atoms with Gasteiger partial charge in [0.2, 0.25) is 5.91 Å². The first kappa shape index (κ1) is 20.3. The van der Waals surface area contributed by atoms with E-state index in [1.54, 1.807) is 31.1 Å². The minimum absolute atomic E-state index is 0.0340. The Hall–Kier alpha value is -1.99. The SMILES string of the molecule is CSNC1CCCN(C(=O)C2CC2c2cnc(C)cc2-c2c(F)cccc2F)C1. The largest absolute Gasteiger partial charge is 0.341 e. The van der Waals surface area contributed by atoms with Gasteiger partial charge in [0.25, 0.3) is 0 Å². The lowest BCUT2D eigenvalue weighted by atomic mass is 9.96. The van der Waals surface area contributed by atoms with Crippen LogP contribution in [0.4, 0.5) is 8.78 Å². The summed E-state index contributed by atoms with van der Waals surface area (Å²) in [5.41, 5.74) is 1.92. The third-order valence-electron chi connectivity index (χ3n) is 5.83. The summed E-state index contributed by atoms with van der Waals surface area (Å²) in [5, 5.41) is 0. The Balaban J connectivity index is 1.57. The molecule has 2 fully saturated rings. The number of pyridine rings is 1. The fourth-order valence-corrected chi connectivity index (χ4v) is 4.85. The molecule has 29 heavy (non-hydrogen) atoms. The highest BCUT2D eigenvalue weighted by Crippen LogP contribution is 2.51. The van der Waals surface area contributed by atoms with Crippen LogP contribution in [0.3, 0.4) is 0 Å². The summed E-state index contributed by atoms with van der Waals surface area (Å²) in [6.07, 6.45) is 6.43. The number of amides is 1. The first-order chi connectivity index (χ1) is 14.0. The van der Waals surface area contributed by atoms with E-state index >= 15 is 0 Å². The van der Waals surface area contributed by atoms with Gasteiger partial charge in [-0.15, -0.1) is 0 Å². The summed E-state index contributed by atoms with van der Waals surface area (Å²) >= 11 is 1.58. The lowest BCUT2D eigenvalue weighted by molar-refractivity contribution is -0.133. The van der Waals surface area contributed by atoms with Gasteiger partial charge in [0.1, 0.15) is 11.6 Å². The van der Waals surface area contributed by atoms with E-state index in [4.69, 9.17) is 0 Å². The minimum Gasteiger partial charge on any atom is -0.341 e. The maximum absolute atomic E-state index is 14.4. The third-order valence-corrected chi connectivity index (χ3v) is 6.40. The maximum Gasteiger partial charge on any atom is 0.226 e. The van der Waals surface area contributed by atoms with Gasteiger partial charge in [0.15, 0.2) is 0 Å². The normalized spacial score (nSPS) is 23.9. The van der Waals surface area contributed by atoms with Gasteiger partial charge >= 0.3 is 0 Å². The number of halogens is 2. The van der Waals surface area contributed by atoms with Crippen molar-refractivity contribution in [1.82, 2.24) is 14.6 Å². The van der Waals surface area contributed by atoms with Crippen molar-refractivity contribution in [2.75, 3.05) is 19.3 Å². The summed E-state index contributed by atoms with van der Waals surface area (Å²) < 4.78 is 32.2. The maximum atomic E-state index is 14.4. The molecule has 7 heteroatoms.